The molecule has 2 aromatic heterocycles. The van der Waals surface area contributed by atoms with E-state index in [-0.39, 0.29) is 0 Å². The van der Waals surface area contributed by atoms with Gasteiger partial charge in [-0.25, -0.2) is 4.98 Å². The van der Waals surface area contributed by atoms with Crippen LogP contribution in [-0.2, 0) is 6.42 Å². The van der Waals surface area contributed by atoms with Crippen molar-refractivity contribution in [1.82, 2.24) is 14.6 Å². The molecule has 6 heteroatoms. The van der Waals surface area contributed by atoms with Crippen LogP contribution in [0.25, 0.3) is 16.2 Å². The molecule has 3 nitrogen and oxygen atoms in total. The van der Waals surface area contributed by atoms with Crippen LogP contribution in [0.3, 0.4) is 0 Å². The summed E-state index contributed by atoms with van der Waals surface area (Å²) in [4.78, 5) is 5.63. The highest BCUT2D eigenvalue weighted by atomic mass is 79.9. The molecule has 0 saturated heterocycles. The first-order valence-electron chi connectivity index (χ1n) is 7.45. The number of aromatic nitrogens is 3. The predicted molar refractivity (Wildman–Crippen MR) is 103 cm³/mol. The lowest BCUT2D eigenvalue weighted by molar-refractivity contribution is 0.904. The maximum absolute atomic E-state index is 5.93. The molecule has 0 unspecified atom stereocenters. The third kappa shape index (κ3) is 2.99. The van der Waals surface area contributed by atoms with Crippen LogP contribution in [0.5, 0.6) is 0 Å². The SMILES string of the molecule is Cc1ccc(-c2nc3sc(Cc4ccc(Cl)cc4)nn3c2Br)cc1. The predicted octanol–water partition coefficient (Wildman–Crippen LogP) is 5.77. The van der Waals surface area contributed by atoms with Gasteiger partial charge < -0.3 is 0 Å². The molecule has 0 amide bonds. The van der Waals surface area contributed by atoms with Gasteiger partial charge in [0, 0.05) is 17.0 Å². The highest BCUT2D eigenvalue weighted by Gasteiger charge is 2.16. The quantitative estimate of drug-likeness (QED) is 0.422. The van der Waals surface area contributed by atoms with Gasteiger partial charge in [0.2, 0.25) is 4.96 Å². The molecular formula is C18H13BrClN3S. The summed E-state index contributed by atoms with van der Waals surface area (Å²) in [5.41, 5.74) is 4.43. The number of hydrogen-bond acceptors (Lipinski definition) is 3. The molecular weight excluding hydrogens is 406 g/mol. The van der Waals surface area contributed by atoms with Crippen molar-refractivity contribution in [3.05, 3.63) is 74.3 Å². The summed E-state index contributed by atoms with van der Waals surface area (Å²) in [7, 11) is 0. The Morgan fingerprint density at radius 2 is 1.79 bits per heavy atom. The van der Waals surface area contributed by atoms with Gasteiger partial charge in [-0.1, -0.05) is 64.9 Å². The van der Waals surface area contributed by atoms with Gasteiger partial charge in [0.15, 0.2) is 0 Å². The molecule has 0 spiro atoms. The van der Waals surface area contributed by atoms with E-state index in [4.69, 9.17) is 16.6 Å². The van der Waals surface area contributed by atoms with E-state index in [1.54, 1.807) is 11.3 Å². The van der Waals surface area contributed by atoms with Crippen LogP contribution in [-0.4, -0.2) is 14.6 Å². The van der Waals surface area contributed by atoms with Crippen LogP contribution in [0, 0.1) is 6.92 Å². The number of imidazole rings is 1. The minimum atomic E-state index is 0.748. The van der Waals surface area contributed by atoms with E-state index in [1.165, 1.54) is 11.1 Å². The molecule has 0 aliphatic carbocycles. The normalized spacial score (nSPS) is 11.3. The molecule has 4 aromatic rings. The Balaban J connectivity index is 1.67. The van der Waals surface area contributed by atoms with Gasteiger partial charge in [0.05, 0.1) is 0 Å². The molecule has 0 N–H and O–H groups in total. The number of fused-ring (bicyclic) bond motifs is 1. The molecule has 0 aliphatic rings. The number of nitrogens with zero attached hydrogens (tertiary/aromatic N) is 3. The first-order chi connectivity index (χ1) is 11.6. The first-order valence-corrected chi connectivity index (χ1v) is 9.44. The summed E-state index contributed by atoms with van der Waals surface area (Å²) in [6.45, 7) is 2.08. The van der Waals surface area contributed by atoms with Crippen LogP contribution in [0.2, 0.25) is 5.02 Å². The van der Waals surface area contributed by atoms with Gasteiger partial charge in [-0.3, -0.25) is 0 Å². The highest BCUT2D eigenvalue weighted by Crippen LogP contribution is 2.31. The fourth-order valence-electron chi connectivity index (χ4n) is 2.51. The smallest absolute Gasteiger partial charge is 0.213 e. The lowest BCUT2D eigenvalue weighted by Crippen LogP contribution is -1.91. The standard InChI is InChI=1S/C18H13BrClN3S/c1-11-2-6-13(7-3-11)16-17(19)23-18(21-16)24-15(22-23)10-12-4-8-14(20)9-5-12/h2-9H,10H2,1H3. The summed E-state index contributed by atoms with van der Waals surface area (Å²) < 4.78 is 2.76. The minimum absolute atomic E-state index is 0.748. The molecule has 0 radical (unpaired) electrons. The number of hydrogen-bond donors (Lipinski definition) is 0. The molecule has 2 heterocycles. The molecule has 2 aromatic carbocycles. The summed E-state index contributed by atoms with van der Waals surface area (Å²) in [5, 5.41) is 6.46. The van der Waals surface area contributed by atoms with Crippen molar-refractivity contribution < 1.29 is 0 Å². The van der Waals surface area contributed by atoms with E-state index in [2.05, 4.69) is 52.2 Å². The Morgan fingerprint density at radius 1 is 1.08 bits per heavy atom. The van der Waals surface area contributed by atoms with Gasteiger partial charge in [0.25, 0.3) is 0 Å². The number of benzene rings is 2. The zero-order valence-electron chi connectivity index (χ0n) is 12.8. The van der Waals surface area contributed by atoms with Gasteiger partial charge in [-0.15, -0.1) is 0 Å². The average Bonchev–Trinajstić information content (AvgIpc) is 3.10. The van der Waals surface area contributed by atoms with Gasteiger partial charge in [-0.05, 0) is 40.5 Å². The Bertz CT molecular complexity index is 1000. The van der Waals surface area contributed by atoms with Crippen LogP contribution >= 0.6 is 38.9 Å². The summed E-state index contributed by atoms with van der Waals surface area (Å²) in [6, 6.07) is 16.2. The van der Waals surface area contributed by atoms with E-state index in [1.807, 2.05) is 28.8 Å². The molecule has 0 saturated carbocycles. The highest BCUT2D eigenvalue weighted by molar-refractivity contribution is 9.10. The maximum Gasteiger partial charge on any atom is 0.213 e. The Hall–Kier alpha value is -1.69. The van der Waals surface area contributed by atoms with Gasteiger partial charge >= 0.3 is 0 Å². The summed E-state index contributed by atoms with van der Waals surface area (Å²) in [6.07, 6.45) is 0.775. The minimum Gasteiger partial charge on any atom is -0.216 e. The first kappa shape index (κ1) is 15.8. The van der Waals surface area contributed by atoms with E-state index < -0.39 is 0 Å². The van der Waals surface area contributed by atoms with Crippen molar-refractivity contribution in [3.63, 3.8) is 0 Å². The zero-order chi connectivity index (χ0) is 16.7. The fraction of sp³-hybridized carbons (Fsp3) is 0.111. The van der Waals surface area contributed by atoms with Gasteiger partial charge in [-0.2, -0.15) is 9.61 Å². The van der Waals surface area contributed by atoms with Crippen molar-refractivity contribution in [2.45, 2.75) is 13.3 Å². The Labute approximate surface area is 157 Å². The van der Waals surface area contributed by atoms with E-state index in [0.717, 1.165) is 37.3 Å². The second-order valence-corrected chi connectivity index (χ2v) is 7.84. The van der Waals surface area contributed by atoms with Gasteiger partial charge in [0.1, 0.15) is 15.3 Å². The summed E-state index contributed by atoms with van der Waals surface area (Å²) >= 11 is 11.2. The third-order valence-electron chi connectivity index (χ3n) is 3.78. The lowest BCUT2D eigenvalue weighted by Gasteiger charge is -1.99. The zero-order valence-corrected chi connectivity index (χ0v) is 16.0. The van der Waals surface area contributed by atoms with Crippen LogP contribution in [0.4, 0.5) is 0 Å². The molecule has 0 bridgehead atoms. The fourth-order valence-corrected chi connectivity index (χ4v) is 4.24. The van der Waals surface area contributed by atoms with Crippen molar-refractivity contribution >= 4 is 43.8 Å². The second-order valence-electron chi connectivity index (χ2n) is 5.61. The van der Waals surface area contributed by atoms with Crippen molar-refractivity contribution in [2.75, 3.05) is 0 Å². The number of aryl methyl sites for hydroxylation is 1. The number of rotatable bonds is 3. The van der Waals surface area contributed by atoms with Crippen molar-refractivity contribution in [2.24, 2.45) is 0 Å². The maximum atomic E-state index is 5.93. The average molecular weight is 419 g/mol. The van der Waals surface area contributed by atoms with E-state index in [9.17, 15) is 0 Å². The molecule has 120 valence electrons. The van der Waals surface area contributed by atoms with Crippen molar-refractivity contribution in [1.29, 1.82) is 0 Å². The molecule has 0 atom stereocenters. The number of halogens is 2. The largest absolute Gasteiger partial charge is 0.216 e. The Morgan fingerprint density at radius 3 is 2.46 bits per heavy atom. The molecule has 0 fully saturated rings. The summed E-state index contributed by atoms with van der Waals surface area (Å²) in [5.74, 6) is 0. The van der Waals surface area contributed by atoms with E-state index in [0.29, 0.717) is 0 Å². The Kier molecular flexibility index (Phi) is 4.16. The monoisotopic (exact) mass is 417 g/mol. The molecule has 4 rings (SSSR count). The topological polar surface area (TPSA) is 30.2 Å². The lowest BCUT2D eigenvalue weighted by atomic mass is 10.1. The van der Waals surface area contributed by atoms with Crippen LogP contribution in [0.1, 0.15) is 16.1 Å². The van der Waals surface area contributed by atoms with Crippen LogP contribution in [0.15, 0.2) is 53.1 Å². The third-order valence-corrected chi connectivity index (χ3v) is 5.66. The van der Waals surface area contributed by atoms with Crippen LogP contribution < -0.4 is 0 Å². The van der Waals surface area contributed by atoms with Crippen molar-refractivity contribution in [3.8, 4) is 11.3 Å². The van der Waals surface area contributed by atoms with E-state index >= 15 is 0 Å². The second kappa shape index (κ2) is 6.31. The molecule has 0 aliphatic heterocycles. The molecule has 24 heavy (non-hydrogen) atoms.